The number of piperazine rings is 1. The number of pyridine rings is 1. The second-order valence-electron chi connectivity index (χ2n) is 5.59. The molecule has 0 unspecified atom stereocenters. The number of benzene rings is 1. The lowest BCUT2D eigenvalue weighted by Crippen LogP contribution is -2.51. The van der Waals surface area contributed by atoms with E-state index in [4.69, 9.17) is 0 Å². The average molecular weight is 332 g/mol. The van der Waals surface area contributed by atoms with Gasteiger partial charge in [-0.1, -0.05) is 6.07 Å². The molecule has 0 bridgehead atoms. The van der Waals surface area contributed by atoms with Gasteiger partial charge in [0.05, 0.1) is 5.69 Å². The van der Waals surface area contributed by atoms with Gasteiger partial charge in [-0.15, -0.1) is 0 Å². The highest BCUT2D eigenvalue weighted by Crippen LogP contribution is 2.21. The number of anilines is 1. The fraction of sp³-hybridized carbons (Fsp3) is 0.294. The van der Waals surface area contributed by atoms with E-state index < -0.39 is 11.6 Å². The number of nitrogens with zero attached hydrogens (tertiary/aromatic N) is 3. The van der Waals surface area contributed by atoms with Crippen molar-refractivity contribution < 1.29 is 13.6 Å². The van der Waals surface area contributed by atoms with Crippen LogP contribution in [0.3, 0.4) is 0 Å². The lowest BCUT2D eigenvalue weighted by Gasteiger charge is -2.36. The molecule has 3 rings (SSSR count). The molecule has 0 saturated carbocycles. The molecule has 0 spiro atoms. The van der Waals surface area contributed by atoms with Crippen molar-refractivity contribution in [2.24, 2.45) is 0 Å². The second kappa shape index (κ2) is 7.25. The molecule has 0 radical (unpaired) electrons. The Bertz CT molecular complexity index is 703. The first-order valence-electron chi connectivity index (χ1n) is 7.75. The quantitative estimate of drug-likeness (QED) is 0.939. The van der Waals surface area contributed by atoms with Gasteiger partial charge in [0, 0.05) is 51.2 Å². The number of aromatic nitrogens is 1. The van der Waals surface area contributed by atoms with E-state index in [0.717, 1.165) is 11.6 Å². The van der Waals surface area contributed by atoms with Gasteiger partial charge >= 0.3 is 6.03 Å². The van der Waals surface area contributed by atoms with E-state index in [1.54, 1.807) is 17.3 Å². The molecule has 2 aromatic rings. The highest BCUT2D eigenvalue weighted by molar-refractivity contribution is 5.74. The molecule has 1 aliphatic heterocycles. The SMILES string of the molecule is O=C(NCc1cccnc1)N1CCN(c2ccc(F)cc2F)CC1. The van der Waals surface area contributed by atoms with Crippen LogP contribution < -0.4 is 10.2 Å². The van der Waals surface area contributed by atoms with Crippen molar-refractivity contribution in [2.75, 3.05) is 31.1 Å². The van der Waals surface area contributed by atoms with Crippen LogP contribution in [0.2, 0.25) is 0 Å². The van der Waals surface area contributed by atoms with Crippen LogP contribution in [0.5, 0.6) is 0 Å². The van der Waals surface area contributed by atoms with Crippen molar-refractivity contribution in [1.29, 1.82) is 0 Å². The zero-order valence-corrected chi connectivity index (χ0v) is 13.1. The molecule has 7 heteroatoms. The minimum absolute atomic E-state index is 0.155. The number of nitrogens with one attached hydrogen (secondary N) is 1. The number of carbonyl (C=O) groups is 1. The molecule has 1 fully saturated rings. The van der Waals surface area contributed by atoms with Gasteiger partial charge in [0.1, 0.15) is 11.6 Å². The van der Waals surface area contributed by atoms with Crippen molar-refractivity contribution >= 4 is 11.7 Å². The Balaban J connectivity index is 1.52. The Labute approximate surface area is 138 Å². The highest BCUT2D eigenvalue weighted by atomic mass is 19.1. The van der Waals surface area contributed by atoms with E-state index in [1.165, 1.54) is 12.1 Å². The van der Waals surface area contributed by atoms with Gasteiger partial charge in [0.25, 0.3) is 0 Å². The van der Waals surface area contributed by atoms with Gasteiger partial charge in [0.2, 0.25) is 0 Å². The number of hydrogen-bond donors (Lipinski definition) is 1. The lowest BCUT2D eigenvalue weighted by atomic mass is 10.2. The average Bonchev–Trinajstić information content (AvgIpc) is 2.61. The molecule has 1 aromatic heterocycles. The van der Waals surface area contributed by atoms with Crippen LogP contribution in [-0.4, -0.2) is 42.1 Å². The molecule has 126 valence electrons. The summed E-state index contributed by atoms with van der Waals surface area (Å²) in [4.78, 5) is 19.7. The molecule has 1 aromatic carbocycles. The molecule has 2 heterocycles. The summed E-state index contributed by atoms with van der Waals surface area (Å²) in [6.07, 6.45) is 3.38. The molecule has 2 amide bonds. The molecule has 1 N–H and O–H groups in total. The largest absolute Gasteiger partial charge is 0.366 e. The first-order valence-corrected chi connectivity index (χ1v) is 7.75. The summed E-state index contributed by atoms with van der Waals surface area (Å²) in [5, 5.41) is 2.85. The molecule has 0 atom stereocenters. The molecular formula is C17H18F2N4O. The summed E-state index contributed by atoms with van der Waals surface area (Å²) < 4.78 is 26.8. The third-order valence-corrected chi connectivity index (χ3v) is 3.98. The Kier molecular flexibility index (Phi) is 4.88. The van der Waals surface area contributed by atoms with Crippen LogP contribution in [0.1, 0.15) is 5.56 Å². The normalized spacial score (nSPS) is 14.6. The first-order chi connectivity index (χ1) is 11.6. The number of urea groups is 1. The number of rotatable bonds is 3. The number of amides is 2. The summed E-state index contributed by atoms with van der Waals surface area (Å²) >= 11 is 0. The van der Waals surface area contributed by atoms with Crippen LogP contribution in [0.15, 0.2) is 42.7 Å². The van der Waals surface area contributed by atoms with Gasteiger partial charge in [-0.05, 0) is 23.8 Å². The van der Waals surface area contributed by atoms with E-state index in [9.17, 15) is 13.6 Å². The number of halogens is 2. The number of carbonyl (C=O) groups excluding carboxylic acids is 1. The van der Waals surface area contributed by atoms with Crippen molar-refractivity contribution in [3.63, 3.8) is 0 Å². The van der Waals surface area contributed by atoms with Crippen LogP contribution >= 0.6 is 0 Å². The predicted molar refractivity (Wildman–Crippen MR) is 86.6 cm³/mol. The van der Waals surface area contributed by atoms with Crippen LogP contribution in [0.4, 0.5) is 19.3 Å². The summed E-state index contributed by atoms with van der Waals surface area (Å²) in [6.45, 7) is 2.39. The maximum Gasteiger partial charge on any atom is 0.317 e. The lowest BCUT2D eigenvalue weighted by molar-refractivity contribution is 0.194. The van der Waals surface area contributed by atoms with Gasteiger partial charge < -0.3 is 15.1 Å². The maximum absolute atomic E-state index is 13.8. The van der Waals surface area contributed by atoms with E-state index in [0.29, 0.717) is 38.4 Å². The summed E-state index contributed by atoms with van der Waals surface area (Å²) in [5.41, 5.74) is 1.30. The summed E-state index contributed by atoms with van der Waals surface area (Å²) in [7, 11) is 0. The van der Waals surface area contributed by atoms with Crippen molar-refractivity contribution in [3.8, 4) is 0 Å². The second-order valence-corrected chi connectivity index (χ2v) is 5.59. The minimum atomic E-state index is -0.593. The third kappa shape index (κ3) is 3.79. The molecular weight excluding hydrogens is 314 g/mol. The molecule has 1 saturated heterocycles. The van der Waals surface area contributed by atoms with Gasteiger partial charge in [-0.25, -0.2) is 13.6 Å². The maximum atomic E-state index is 13.8. The van der Waals surface area contributed by atoms with Gasteiger partial charge in [0.15, 0.2) is 0 Å². The zero-order chi connectivity index (χ0) is 16.9. The smallest absolute Gasteiger partial charge is 0.317 e. The van der Waals surface area contributed by atoms with Crippen LogP contribution in [0, 0.1) is 11.6 Å². The van der Waals surface area contributed by atoms with Crippen LogP contribution in [0.25, 0.3) is 0 Å². The standard InChI is InChI=1S/C17H18F2N4O/c18-14-3-4-16(15(19)10-14)22-6-8-23(9-7-22)17(24)21-12-13-2-1-5-20-11-13/h1-5,10-11H,6-9,12H2,(H,21,24). The Morgan fingerprint density at radius 3 is 2.62 bits per heavy atom. The topological polar surface area (TPSA) is 48.5 Å². The molecule has 24 heavy (non-hydrogen) atoms. The number of hydrogen-bond acceptors (Lipinski definition) is 3. The van der Waals surface area contributed by atoms with E-state index in [-0.39, 0.29) is 6.03 Å². The summed E-state index contributed by atoms with van der Waals surface area (Å²) in [5.74, 6) is -1.17. The molecule has 5 nitrogen and oxygen atoms in total. The monoisotopic (exact) mass is 332 g/mol. The van der Waals surface area contributed by atoms with E-state index in [2.05, 4.69) is 10.3 Å². The fourth-order valence-corrected chi connectivity index (χ4v) is 2.68. The Morgan fingerprint density at radius 1 is 1.17 bits per heavy atom. The fourth-order valence-electron chi connectivity index (χ4n) is 2.68. The zero-order valence-electron chi connectivity index (χ0n) is 13.1. The van der Waals surface area contributed by atoms with Crippen molar-refractivity contribution in [2.45, 2.75) is 6.54 Å². The first kappa shape index (κ1) is 16.2. The van der Waals surface area contributed by atoms with Crippen molar-refractivity contribution in [1.82, 2.24) is 15.2 Å². The van der Waals surface area contributed by atoms with E-state index in [1.807, 2.05) is 17.0 Å². The Morgan fingerprint density at radius 2 is 1.96 bits per heavy atom. The molecule has 0 aliphatic carbocycles. The summed E-state index contributed by atoms with van der Waals surface area (Å²) in [6, 6.07) is 7.11. The highest BCUT2D eigenvalue weighted by Gasteiger charge is 2.22. The molecule has 1 aliphatic rings. The predicted octanol–water partition coefficient (Wildman–Crippen LogP) is 2.39. The van der Waals surface area contributed by atoms with Gasteiger partial charge in [-0.3, -0.25) is 4.98 Å². The van der Waals surface area contributed by atoms with Crippen LogP contribution in [-0.2, 0) is 6.54 Å². The minimum Gasteiger partial charge on any atom is -0.366 e. The Hall–Kier alpha value is -2.70. The van der Waals surface area contributed by atoms with Crippen molar-refractivity contribution in [3.05, 3.63) is 59.9 Å². The van der Waals surface area contributed by atoms with Gasteiger partial charge in [-0.2, -0.15) is 0 Å². The third-order valence-electron chi connectivity index (χ3n) is 3.98. The van der Waals surface area contributed by atoms with E-state index >= 15 is 0 Å².